The van der Waals surface area contributed by atoms with Crippen LogP contribution in [0.2, 0.25) is 5.02 Å². The first-order valence-electron chi connectivity index (χ1n) is 6.89. The predicted octanol–water partition coefficient (Wildman–Crippen LogP) is 3.32. The molecule has 0 atom stereocenters. The molecule has 1 fully saturated rings. The molecular weight excluding hydrogens is 280 g/mol. The normalized spacial score (nSPS) is 19.9. The number of halogens is 1. The fourth-order valence-electron chi connectivity index (χ4n) is 3.12. The van der Waals surface area contributed by atoms with Crippen LogP contribution in [0.25, 0.3) is 0 Å². The van der Waals surface area contributed by atoms with Gasteiger partial charge in [-0.15, -0.1) is 0 Å². The third kappa shape index (κ3) is 1.85. The van der Waals surface area contributed by atoms with Gasteiger partial charge in [0.15, 0.2) is 11.5 Å². The van der Waals surface area contributed by atoms with E-state index in [1.165, 1.54) is 0 Å². The number of hydrogen-bond acceptors (Lipinski definition) is 3. The van der Waals surface area contributed by atoms with Crippen molar-refractivity contribution in [3.63, 3.8) is 0 Å². The van der Waals surface area contributed by atoms with Crippen LogP contribution in [0, 0.1) is 6.92 Å². The summed E-state index contributed by atoms with van der Waals surface area (Å²) in [4.78, 5) is 11.7. The number of aliphatic carboxylic acids is 1. The molecule has 20 heavy (non-hydrogen) atoms. The van der Waals surface area contributed by atoms with Crippen LogP contribution >= 0.6 is 11.6 Å². The van der Waals surface area contributed by atoms with E-state index in [0.29, 0.717) is 48.1 Å². The van der Waals surface area contributed by atoms with Crippen LogP contribution in [-0.2, 0) is 10.2 Å². The van der Waals surface area contributed by atoms with Gasteiger partial charge in [-0.1, -0.05) is 18.0 Å². The summed E-state index contributed by atoms with van der Waals surface area (Å²) < 4.78 is 11.4. The van der Waals surface area contributed by atoms with Crippen LogP contribution in [0.3, 0.4) is 0 Å². The van der Waals surface area contributed by atoms with Crippen LogP contribution in [0.4, 0.5) is 0 Å². The van der Waals surface area contributed by atoms with Crippen LogP contribution in [-0.4, -0.2) is 24.3 Å². The summed E-state index contributed by atoms with van der Waals surface area (Å²) in [5, 5.41) is 10.1. The topological polar surface area (TPSA) is 55.8 Å². The van der Waals surface area contributed by atoms with Crippen molar-refractivity contribution in [2.75, 3.05) is 13.2 Å². The molecule has 1 aliphatic carbocycles. The molecule has 0 radical (unpaired) electrons. The third-order valence-corrected chi connectivity index (χ3v) is 4.62. The Morgan fingerprint density at radius 1 is 1.30 bits per heavy atom. The molecule has 0 bridgehead atoms. The molecule has 1 aromatic carbocycles. The van der Waals surface area contributed by atoms with E-state index in [-0.39, 0.29) is 0 Å². The number of ether oxygens (including phenoxy) is 2. The summed E-state index contributed by atoms with van der Waals surface area (Å²) >= 11 is 6.36. The number of carboxylic acid groups (broad SMARTS) is 1. The second kappa shape index (κ2) is 4.85. The van der Waals surface area contributed by atoms with Crippen LogP contribution in [0.15, 0.2) is 6.07 Å². The van der Waals surface area contributed by atoms with Crippen molar-refractivity contribution in [3.8, 4) is 11.5 Å². The van der Waals surface area contributed by atoms with E-state index in [2.05, 4.69) is 0 Å². The van der Waals surface area contributed by atoms with Gasteiger partial charge in [-0.2, -0.15) is 0 Å². The Bertz CT molecular complexity index is 563. The molecule has 1 N–H and O–H groups in total. The van der Waals surface area contributed by atoms with Gasteiger partial charge in [0.25, 0.3) is 0 Å². The molecular formula is C15H17ClO4. The molecule has 3 rings (SSSR count). The summed E-state index contributed by atoms with van der Waals surface area (Å²) in [7, 11) is 0. The first kappa shape index (κ1) is 13.6. The summed E-state index contributed by atoms with van der Waals surface area (Å²) in [6, 6.07) is 1.70. The molecule has 108 valence electrons. The van der Waals surface area contributed by atoms with Crippen LogP contribution in [0.5, 0.6) is 11.5 Å². The first-order valence-corrected chi connectivity index (χ1v) is 7.26. The number of benzene rings is 1. The first-order chi connectivity index (χ1) is 9.56. The number of fused-ring (bicyclic) bond motifs is 1. The summed E-state index contributed by atoms with van der Waals surface area (Å²) in [6.45, 7) is 3.04. The molecule has 0 spiro atoms. The van der Waals surface area contributed by atoms with E-state index in [4.69, 9.17) is 21.1 Å². The third-order valence-electron chi connectivity index (χ3n) is 4.32. The Balaban J connectivity index is 2.17. The zero-order chi connectivity index (χ0) is 14.3. The van der Waals surface area contributed by atoms with Gasteiger partial charge in [-0.3, -0.25) is 4.79 Å². The van der Waals surface area contributed by atoms with Crippen LogP contribution < -0.4 is 9.47 Å². The molecule has 1 aliphatic heterocycles. The van der Waals surface area contributed by atoms with Gasteiger partial charge in [0.1, 0.15) is 0 Å². The maximum absolute atomic E-state index is 11.7. The quantitative estimate of drug-likeness (QED) is 0.909. The van der Waals surface area contributed by atoms with Gasteiger partial charge in [0.05, 0.1) is 18.6 Å². The zero-order valence-corrected chi connectivity index (χ0v) is 12.1. The van der Waals surface area contributed by atoms with Crippen molar-refractivity contribution in [2.24, 2.45) is 0 Å². The van der Waals surface area contributed by atoms with Crippen LogP contribution in [0.1, 0.15) is 36.8 Å². The van der Waals surface area contributed by atoms with E-state index in [9.17, 15) is 9.90 Å². The largest absolute Gasteiger partial charge is 0.489 e. The second-order valence-electron chi connectivity index (χ2n) is 5.48. The van der Waals surface area contributed by atoms with E-state index in [0.717, 1.165) is 18.4 Å². The molecule has 0 unspecified atom stereocenters. The number of carbonyl (C=O) groups is 1. The lowest BCUT2D eigenvalue weighted by Gasteiger charge is -2.40. The Labute approximate surface area is 122 Å². The predicted molar refractivity (Wildman–Crippen MR) is 75.0 cm³/mol. The summed E-state index contributed by atoms with van der Waals surface area (Å²) in [5.41, 5.74) is 0.643. The Kier molecular flexibility index (Phi) is 3.28. The van der Waals surface area contributed by atoms with E-state index >= 15 is 0 Å². The van der Waals surface area contributed by atoms with E-state index in [1.54, 1.807) is 6.07 Å². The number of hydrogen-bond donors (Lipinski definition) is 1. The Morgan fingerprint density at radius 3 is 2.60 bits per heavy atom. The number of rotatable bonds is 2. The van der Waals surface area contributed by atoms with Crippen molar-refractivity contribution in [1.29, 1.82) is 0 Å². The maximum Gasteiger partial charge on any atom is 0.314 e. The Hall–Kier alpha value is -1.42. The van der Waals surface area contributed by atoms with Crippen molar-refractivity contribution in [2.45, 2.75) is 38.0 Å². The van der Waals surface area contributed by atoms with Crippen molar-refractivity contribution < 1.29 is 19.4 Å². The van der Waals surface area contributed by atoms with Gasteiger partial charge in [-0.05, 0) is 25.3 Å². The average molecular weight is 297 g/mol. The molecule has 0 saturated heterocycles. The molecule has 1 saturated carbocycles. The lowest BCUT2D eigenvalue weighted by molar-refractivity contribution is -0.147. The molecule has 5 heteroatoms. The molecule has 4 nitrogen and oxygen atoms in total. The monoisotopic (exact) mass is 296 g/mol. The van der Waals surface area contributed by atoms with Gasteiger partial charge in [0.2, 0.25) is 0 Å². The number of carboxylic acids is 1. The molecule has 0 aromatic heterocycles. The smallest absolute Gasteiger partial charge is 0.314 e. The summed E-state index contributed by atoms with van der Waals surface area (Å²) in [5.74, 6) is 0.464. The molecule has 2 aliphatic rings. The van der Waals surface area contributed by atoms with Crippen molar-refractivity contribution in [3.05, 3.63) is 22.2 Å². The highest BCUT2D eigenvalue weighted by Gasteiger charge is 2.48. The minimum Gasteiger partial charge on any atom is -0.489 e. The molecule has 1 aromatic rings. The SMILES string of the molecule is Cc1c2c(cc(Cl)c1C1(C(=O)O)CCC1)OCCCO2. The lowest BCUT2D eigenvalue weighted by atomic mass is 9.63. The van der Waals surface area contributed by atoms with Crippen molar-refractivity contribution in [1.82, 2.24) is 0 Å². The summed E-state index contributed by atoms with van der Waals surface area (Å²) in [6.07, 6.45) is 2.98. The highest BCUT2D eigenvalue weighted by atomic mass is 35.5. The molecule has 1 heterocycles. The highest BCUT2D eigenvalue weighted by molar-refractivity contribution is 6.32. The fourth-order valence-corrected chi connectivity index (χ4v) is 3.54. The minimum absolute atomic E-state index is 0.467. The fraction of sp³-hybridized carbons (Fsp3) is 0.533. The standard InChI is InChI=1S/C15H17ClO4/c1-9-12(15(14(17)18)4-2-5-15)10(16)8-11-13(9)20-7-3-6-19-11/h8H,2-7H2,1H3,(H,17,18). The second-order valence-corrected chi connectivity index (χ2v) is 5.88. The highest BCUT2D eigenvalue weighted by Crippen LogP contribution is 2.51. The zero-order valence-electron chi connectivity index (χ0n) is 11.4. The van der Waals surface area contributed by atoms with Gasteiger partial charge >= 0.3 is 5.97 Å². The Morgan fingerprint density at radius 2 is 2.00 bits per heavy atom. The van der Waals surface area contributed by atoms with Gasteiger partial charge in [0, 0.05) is 23.1 Å². The molecule has 0 amide bonds. The van der Waals surface area contributed by atoms with Gasteiger partial charge < -0.3 is 14.6 Å². The maximum atomic E-state index is 11.7. The van der Waals surface area contributed by atoms with E-state index in [1.807, 2.05) is 6.92 Å². The average Bonchev–Trinajstić information content (AvgIpc) is 2.56. The van der Waals surface area contributed by atoms with Crippen molar-refractivity contribution >= 4 is 17.6 Å². The minimum atomic E-state index is -0.855. The van der Waals surface area contributed by atoms with E-state index < -0.39 is 11.4 Å². The van der Waals surface area contributed by atoms with Gasteiger partial charge in [-0.25, -0.2) is 0 Å². The lowest BCUT2D eigenvalue weighted by Crippen LogP contribution is -2.43.